The molecule has 0 spiro atoms. The highest BCUT2D eigenvalue weighted by Gasteiger charge is 2.26. The van der Waals surface area contributed by atoms with Gasteiger partial charge >= 0.3 is 5.97 Å². The first-order valence-corrected chi connectivity index (χ1v) is 8.02. The van der Waals surface area contributed by atoms with Crippen LogP contribution in [0.2, 0.25) is 0 Å². The molecule has 0 fully saturated rings. The summed E-state index contributed by atoms with van der Waals surface area (Å²) in [6.07, 6.45) is 2.67. The van der Waals surface area contributed by atoms with Crippen molar-refractivity contribution < 1.29 is 14.3 Å². The highest BCUT2D eigenvalue weighted by atomic mass is 19.1. The van der Waals surface area contributed by atoms with Gasteiger partial charge in [0.05, 0.1) is 6.42 Å². The number of hydrogen-bond acceptors (Lipinski definition) is 1. The Hall–Kier alpha value is -2.68. The Balaban J connectivity index is 2.19. The van der Waals surface area contributed by atoms with Gasteiger partial charge in [0.1, 0.15) is 5.82 Å². The van der Waals surface area contributed by atoms with Gasteiger partial charge in [-0.2, -0.15) is 0 Å². The van der Waals surface area contributed by atoms with Crippen molar-refractivity contribution in [1.29, 1.82) is 0 Å². The summed E-state index contributed by atoms with van der Waals surface area (Å²) in [4.78, 5) is 11.3. The van der Waals surface area contributed by atoms with Crippen LogP contribution in [0.4, 0.5) is 4.39 Å². The van der Waals surface area contributed by atoms with Crippen LogP contribution < -0.4 is 0 Å². The fourth-order valence-corrected chi connectivity index (χ4v) is 3.24. The third kappa shape index (κ3) is 3.02. The lowest BCUT2D eigenvalue weighted by Gasteiger charge is -2.06. The van der Waals surface area contributed by atoms with Crippen LogP contribution in [0.5, 0.6) is 0 Å². The Morgan fingerprint density at radius 3 is 2.42 bits per heavy atom. The first-order chi connectivity index (χ1) is 11.5. The standard InChI is InChI=1S/C21H19FO2/c1-3-16-18(10-14-6-4-13(2)5-7-14)17-9-8-15(22)11-19(17)20(16)12-21(23)24/h4-11H,3,12H2,1-2H3,(H,23,24)/b18-10-. The zero-order valence-corrected chi connectivity index (χ0v) is 13.8. The van der Waals surface area contributed by atoms with Crippen LogP contribution in [0.3, 0.4) is 0 Å². The van der Waals surface area contributed by atoms with Gasteiger partial charge in [0.25, 0.3) is 0 Å². The van der Waals surface area contributed by atoms with Crippen molar-refractivity contribution in [1.82, 2.24) is 0 Å². The molecule has 24 heavy (non-hydrogen) atoms. The molecule has 0 amide bonds. The lowest BCUT2D eigenvalue weighted by molar-refractivity contribution is -0.135. The molecule has 0 aliphatic heterocycles. The van der Waals surface area contributed by atoms with Gasteiger partial charge in [-0.3, -0.25) is 4.79 Å². The molecule has 0 bridgehead atoms. The minimum absolute atomic E-state index is 0.0924. The predicted molar refractivity (Wildman–Crippen MR) is 94.9 cm³/mol. The van der Waals surface area contributed by atoms with Crippen molar-refractivity contribution >= 4 is 23.2 Å². The molecule has 0 aromatic heterocycles. The average molecular weight is 322 g/mol. The van der Waals surface area contributed by atoms with Gasteiger partial charge in [-0.1, -0.05) is 42.8 Å². The maximum Gasteiger partial charge on any atom is 0.307 e. The minimum atomic E-state index is -0.900. The molecule has 122 valence electrons. The summed E-state index contributed by atoms with van der Waals surface area (Å²) in [5, 5.41) is 9.24. The number of carbonyl (C=O) groups is 1. The van der Waals surface area contributed by atoms with E-state index in [1.807, 2.05) is 38.1 Å². The molecule has 2 aromatic rings. The average Bonchev–Trinajstić information content (AvgIpc) is 2.81. The summed E-state index contributed by atoms with van der Waals surface area (Å²) in [5.74, 6) is -1.24. The molecule has 3 rings (SSSR count). The van der Waals surface area contributed by atoms with Crippen molar-refractivity contribution in [3.8, 4) is 0 Å². The first kappa shape index (κ1) is 16.2. The van der Waals surface area contributed by atoms with E-state index >= 15 is 0 Å². The summed E-state index contributed by atoms with van der Waals surface area (Å²) in [7, 11) is 0. The predicted octanol–water partition coefficient (Wildman–Crippen LogP) is 5.33. The number of rotatable bonds is 4. The molecule has 0 saturated heterocycles. The van der Waals surface area contributed by atoms with Gasteiger partial charge in [0.15, 0.2) is 0 Å². The molecule has 1 aliphatic carbocycles. The summed E-state index contributed by atoms with van der Waals surface area (Å²) < 4.78 is 13.7. The second-order valence-electron chi connectivity index (χ2n) is 6.04. The van der Waals surface area contributed by atoms with Crippen LogP contribution >= 0.6 is 0 Å². The SMILES string of the molecule is CCC1=C(CC(=O)O)c2cc(F)ccc2/C1=C\c1ccc(C)cc1. The van der Waals surface area contributed by atoms with Crippen LogP contribution in [0.25, 0.3) is 17.2 Å². The van der Waals surface area contributed by atoms with E-state index in [1.165, 1.54) is 17.7 Å². The molecule has 3 heteroatoms. The van der Waals surface area contributed by atoms with E-state index < -0.39 is 5.97 Å². The molecule has 0 heterocycles. The van der Waals surface area contributed by atoms with Crippen LogP contribution in [0.1, 0.15) is 42.0 Å². The van der Waals surface area contributed by atoms with E-state index in [9.17, 15) is 14.3 Å². The third-order valence-corrected chi connectivity index (χ3v) is 4.36. The van der Waals surface area contributed by atoms with Gasteiger partial charge in [0.2, 0.25) is 0 Å². The number of aliphatic carboxylic acids is 1. The topological polar surface area (TPSA) is 37.3 Å². The largest absolute Gasteiger partial charge is 0.481 e. The van der Waals surface area contributed by atoms with Gasteiger partial charge in [-0.15, -0.1) is 0 Å². The fourth-order valence-electron chi connectivity index (χ4n) is 3.24. The van der Waals surface area contributed by atoms with Gasteiger partial charge < -0.3 is 5.11 Å². The number of allylic oxidation sites excluding steroid dienone is 2. The normalized spacial score (nSPS) is 15.0. The van der Waals surface area contributed by atoms with E-state index in [2.05, 4.69) is 6.08 Å². The number of halogens is 1. The second-order valence-corrected chi connectivity index (χ2v) is 6.04. The number of carboxylic acids is 1. The molecule has 0 unspecified atom stereocenters. The van der Waals surface area contributed by atoms with Crippen LogP contribution in [0, 0.1) is 12.7 Å². The number of benzene rings is 2. The summed E-state index contributed by atoms with van der Waals surface area (Å²) in [5.41, 5.74) is 6.54. The maximum atomic E-state index is 13.7. The van der Waals surface area contributed by atoms with E-state index in [0.717, 1.165) is 27.8 Å². The van der Waals surface area contributed by atoms with Crippen LogP contribution in [-0.4, -0.2) is 11.1 Å². The van der Waals surface area contributed by atoms with Gasteiger partial charge in [-0.25, -0.2) is 4.39 Å². The highest BCUT2D eigenvalue weighted by Crippen LogP contribution is 2.45. The Morgan fingerprint density at radius 1 is 1.08 bits per heavy atom. The van der Waals surface area contributed by atoms with E-state index in [-0.39, 0.29) is 12.2 Å². The van der Waals surface area contributed by atoms with Gasteiger partial charge in [0, 0.05) is 0 Å². The van der Waals surface area contributed by atoms with Crippen molar-refractivity contribution in [3.05, 3.63) is 76.1 Å². The lowest BCUT2D eigenvalue weighted by Crippen LogP contribution is -1.97. The number of fused-ring (bicyclic) bond motifs is 1. The van der Waals surface area contributed by atoms with Crippen molar-refractivity contribution in [2.45, 2.75) is 26.7 Å². The Bertz CT molecular complexity index is 858. The molecule has 2 nitrogen and oxygen atoms in total. The quantitative estimate of drug-likeness (QED) is 0.826. The Labute approximate surface area is 141 Å². The van der Waals surface area contributed by atoms with Gasteiger partial charge in [-0.05, 0) is 65.0 Å². The van der Waals surface area contributed by atoms with Crippen LogP contribution in [-0.2, 0) is 4.79 Å². The van der Waals surface area contributed by atoms with E-state index in [0.29, 0.717) is 12.0 Å². The third-order valence-electron chi connectivity index (χ3n) is 4.36. The molecule has 2 aromatic carbocycles. The van der Waals surface area contributed by atoms with Crippen molar-refractivity contribution in [2.24, 2.45) is 0 Å². The van der Waals surface area contributed by atoms with E-state index in [4.69, 9.17) is 0 Å². The number of aryl methyl sites for hydroxylation is 1. The first-order valence-electron chi connectivity index (χ1n) is 8.02. The van der Waals surface area contributed by atoms with Crippen molar-refractivity contribution in [3.63, 3.8) is 0 Å². The lowest BCUT2D eigenvalue weighted by atomic mass is 9.98. The summed E-state index contributed by atoms with van der Waals surface area (Å²) >= 11 is 0. The monoisotopic (exact) mass is 322 g/mol. The number of carboxylic acid groups (broad SMARTS) is 1. The van der Waals surface area contributed by atoms with Crippen molar-refractivity contribution in [2.75, 3.05) is 0 Å². The molecular weight excluding hydrogens is 303 g/mol. The summed E-state index contributed by atoms with van der Waals surface area (Å²) in [6, 6.07) is 12.8. The maximum absolute atomic E-state index is 13.7. The Kier molecular flexibility index (Phi) is 4.34. The highest BCUT2D eigenvalue weighted by molar-refractivity contribution is 6.07. The summed E-state index contributed by atoms with van der Waals surface area (Å²) in [6.45, 7) is 4.04. The van der Waals surface area contributed by atoms with Crippen LogP contribution in [0.15, 0.2) is 48.0 Å². The zero-order chi connectivity index (χ0) is 17.3. The molecule has 0 saturated carbocycles. The fraction of sp³-hybridized carbons (Fsp3) is 0.190. The minimum Gasteiger partial charge on any atom is -0.481 e. The smallest absolute Gasteiger partial charge is 0.307 e. The molecule has 1 aliphatic rings. The Morgan fingerprint density at radius 2 is 1.79 bits per heavy atom. The van der Waals surface area contributed by atoms with E-state index in [1.54, 1.807) is 6.07 Å². The molecular formula is C21H19FO2. The number of hydrogen-bond donors (Lipinski definition) is 1. The molecule has 0 radical (unpaired) electrons. The second kappa shape index (κ2) is 6.44. The molecule has 1 N–H and O–H groups in total. The molecule has 0 atom stereocenters. The zero-order valence-electron chi connectivity index (χ0n) is 13.8.